The molecule has 3 unspecified atom stereocenters. The second kappa shape index (κ2) is 7.51. The maximum atomic E-state index is 15.4. The third-order valence-electron chi connectivity index (χ3n) is 8.16. The van der Waals surface area contributed by atoms with Crippen molar-refractivity contribution in [2.75, 3.05) is 6.54 Å². The normalized spacial score (nSPS) is 23.8. The first-order valence-electron chi connectivity index (χ1n) is 12.3. The number of benzene rings is 1. The number of carbonyl (C=O) groups is 1. The number of halogens is 2. The topological polar surface area (TPSA) is 82.0 Å². The Balaban J connectivity index is 1.34. The number of nitrogens with zero attached hydrogens (tertiary/aromatic N) is 5. The number of nitrogens with two attached hydrogens (primary N) is 1. The number of rotatable bonds is 4. The van der Waals surface area contributed by atoms with Crippen LogP contribution in [0, 0.1) is 17.7 Å². The van der Waals surface area contributed by atoms with E-state index in [0.29, 0.717) is 46.0 Å². The fourth-order valence-electron chi connectivity index (χ4n) is 6.13. The molecule has 1 saturated heterocycles. The van der Waals surface area contributed by atoms with Gasteiger partial charge in [-0.3, -0.25) is 4.79 Å². The van der Waals surface area contributed by atoms with Crippen LogP contribution in [0.5, 0.6) is 0 Å². The van der Waals surface area contributed by atoms with E-state index in [1.165, 1.54) is 18.9 Å². The van der Waals surface area contributed by atoms with E-state index in [9.17, 15) is 4.79 Å². The van der Waals surface area contributed by atoms with Gasteiger partial charge in [0.1, 0.15) is 22.1 Å². The zero-order valence-electron chi connectivity index (χ0n) is 19.4. The van der Waals surface area contributed by atoms with Gasteiger partial charge in [-0.2, -0.15) is 0 Å². The van der Waals surface area contributed by atoms with Gasteiger partial charge in [-0.25, -0.2) is 14.4 Å². The van der Waals surface area contributed by atoms with Gasteiger partial charge in [0.2, 0.25) is 0 Å². The lowest BCUT2D eigenvalue weighted by Gasteiger charge is -2.27. The minimum Gasteiger partial charge on any atom is -0.334 e. The number of pyridine rings is 1. The summed E-state index contributed by atoms with van der Waals surface area (Å²) in [5, 5.41) is 1.41. The predicted molar refractivity (Wildman–Crippen MR) is 133 cm³/mol. The average molecular weight is 493 g/mol. The summed E-state index contributed by atoms with van der Waals surface area (Å²) in [6.07, 6.45) is 4.34. The largest absolute Gasteiger partial charge is 0.334 e. The van der Waals surface area contributed by atoms with Crippen LogP contribution in [-0.2, 0) is 13.6 Å². The fraction of sp³-hybridized carbons (Fsp3) is 0.423. The molecule has 2 N–H and O–H groups in total. The molecule has 180 valence electrons. The summed E-state index contributed by atoms with van der Waals surface area (Å²) in [7, 11) is 1.81. The van der Waals surface area contributed by atoms with Gasteiger partial charge in [0.15, 0.2) is 5.82 Å². The lowest BCUT2D eigenvalue weighted by molar-refractivity contribution is 0.0700. The number of piperidine rings is 1. The van der Waals surface area contributed by atoms with Crippen molar-refractivity contribution in [1.29, 1.82) is 0 Å². The van der Waals surface area contributed by atoms with Crippen LogP contribution in [0.15, 0.2) is 30.3 Å². The number of hydrogen-bond acceptors (Lipinski definition) is 4. The Morgan fingerprint density at radius 2 is 2.00 bits per heavy atom. The second-order valence-corrected chi connectivity index (χ2v) is 10.8. The number of amides is 1. The molecule has 2 saturated carbocycles. The van der Waals surface area contributed by atoms with Crippen LogP contribution >= 0.6 is 11.6 Å². The zero-order chi connectivity index (χ0) is 24.0. The van der Waals surface area contributed by atoms with Crippen LogP contribution < -0.4 is 5.73 Å². The van der Waals surface area contributed by atoms with Crippen molar-refractivity contribution in [3.63, 3.8) is 0 Å². The van der Waals surface area contributed by atoms with Gasteiger partial charge < -0.3 is 19.8 Å². The molecular weight excluding hydrogens is 467 g/mol. The lowest BCUT2D eigenvalue weighted by Crippen LogP contribution is -2.41. The van der Waals surface area contributed by atoms with Crippen LogP contribution in [0.4, 0.5) is 4.39 Å². The highest BCUT2D eigenvalue weighted by Gasteiger charge is 2.47. The molecule has 2 aliphatic carbocycles. The van der Waals surface area contributed by atoms with Gasteiger partial charge >= 0.3 is 0 Å². The summed E-state index contributed by atoms with van der Waals surface area (Å²) in [6.45, 7) is 1.47. The molecule has 7 nitrogen and oxygen atoms in total. The van der Waals surface area contributed by atoms with Gasteiger partial charge in [0, 0.05) is 43.2 Å². The molecule has 1 amide bonds. The van der Waals surface area contributed by atoms with E-state index in [0.717, 1.165) is 36.1 Å². The molecule has 2 bridgehead atoms. The van der Waals surface area contributed by atoms with Crippen molar-refractivity contribution in [3.05, 3.63) is 46.9 Å². The van der Waals surface area contributed by atoms with E-state index in [2.05, 4.69) is 9.55 Å². The summed E-state index contributed by atoms with van der Waals surface area (Å²) in [4.78, 5) is 24.5. The standard InChI is InChI=1S/C26H26ClFN6O/c1-32-23-17(28)8-16(26(35)34-12-15-4-6-19(34)22(15)29)9-18(23)30-25(32)20-10-14-5-7-21(27)31-24(14)33(20)11-13-2-3-13/h5,7-10,13,15,19,22H,2-4,6,11-12,29H2,1H3. The van der Waals surface area contributed by atoms with Crippen molar-refractivity contribution < 1.29 is 9.18 Å². The van der Waals surface area contributed by atoms with Gasteiger partial charge in [-0.15, -0.1) is 0 Å². The van der Waals surface area contributed by atoms with Crippen LogP contribution in [0.2, 0.25) is 5.15 Å². The molecule has 9 heteroatoms. The van der Waals surface area contributed by atoms with E-state index in [4.69, 9.17) is 22.3 Å². The highest BCUT2D eigenvalue weighted by Crippen LogP contribution is 2.39. The molecule has 4 heterocycles. The molecule has 7 rings (SSSR count). The van der Waals surface area contributed by atoms with Crippen LogP contribution in [0.3, 0.4) is 0 Å². The minimum absolute atomic E-state index is 0.0180. The van der Waals surface area contributed by atoms with Crippen molar-refractivity contribution >= 4 is 39.6 Å². The van der Waals surface area contributed by atoms with Crippen molar-refractivity contribution in [3.8, 4) is 11.5 Å². The molecular formula is C26H26ClFN6O. The van der Waals surface area contributed by atoms with E-state index in [1.807, 2.05) is 24.1 Å². The Labute approximate surface area is 206 Å². The number of fused-ring (bicyclic) bond motifs is 4. The first kappa shape index (κ1) is 21.3. The minimum atomic E-state index is -0.452. The molecule has 1 aromatic carbocycles. The van der Waals surface area contributed by atoms with Gasteiger partial charge in [-0.1, -0.05) is 11.6 Å². The third kappa shape index (κ3) is 3.23. The van der Waals surface area contributed by atoms with E-state index < -0.39 is 5.82 Å². The number of carbonyl (C=O) groups excluding carboxylic acids is 1. The Morgan fingerprint density at radius 3 is 2.71 bits per heavy atom. The number of imidazole rings is 1. The molecule has 3 fully saturated rings. The van der Waals surface area contributed by atoms with E-state index in [-0.39, 0.29) is 18.0 Å². The maximum absolute atomic E-state index is 15.4. The summed E-state index contributed by atoms with van der Waals surface area (Å²) in [5.74, 6) is 0.965. The molecule has 3 atom stereocenters. The van der Waals surface area contributed by atoms with Crippen LogP contribution in [-0.4, -0.2) is 48.5 Å². The first-order chi connectivity index (χ1) is 16.9. The molecule has 0 spiro atoms. The molecule has 1 aliphatic heterocycles. The lowest BCUT2D eigenvalue weighted by atomic mass is 10.1. The van der Waals surface area contributed by atoms with Gasteiger partial charge in [0.05, 0.1) is 11.2 Å². The summed E-state index contributed by atoms with van der Waals surface area (Å²) in [5.41, 5.74) is 9.14. The molecule has 3 aromatic heterocycles. The number of aryl methyl sites for hydroxylation is 1. The van der Waals surface area contributed by atoms with Crippen LogP contribution in [0.25, 0.3) is 33.6 Å². The first-order valence-corrected chi connectivity index (χ1v) is 12.7. The van der Waals surface area contributed by atoms with Crippen molar-refractivity contribution in [2.45, 2.75) is 44.3 Å². The summed E-state index contributed by atoms with van der Waals surface area (Å²) < 4.78 is 19.3. The van der Waals surface area contributed by atoms with E-state index >= 15 is 4.39 Å². The molecule has 35 heavy (non-hydrogen) atoms. The molecule has 0 radical (unpaired) electrons. The Kier molecular flexibility index (Phi) is 4.58. The quantitative estimate of drug-likeness (QED) is 0.429. The van der Waals surface area contributed by atoms with Gasteiger partial charge in [0.25, 0.3) is 5.91 Å². The summed E-state index contributed by atoms with van der Waals surface area (Å²) >= 11 is 6.21. The van der Waals surface area contributed by atoms with Crippen molar-refractivity contribution in [1.82, 2.24) is 24.0 Å². The smallest absolute Gasteiger partial charge is 0.254 e. The third-order valence-corrected chi connectivity index (χ3v) is 8.37. The monoisotopic (exact) mass is 492 g/mol. The number of hydrogen-bond donors (Lipinski definition) is 1. The van der Waals surface area contributed by atoms with E-state index in [1.54, 1.807) is 16.7 Å². The Morgan fingerprint density at radius 1 is 1.17 bits per heavy atom. The summed E-state index contributed by atoms with van der Waals surface area (Å²) in [6, 6.07) is 8.88. The number of likely N-dealkylation sites (tertiary alicyclic amines) is 1. The number of aromatic nitrogens is 4. The molecule has 4 aromatic rings. The predicted octanol–water partition coefficient (Wildman–Crippen LogP) is 4.35. The Hall–Kier alpha value is -2.97. The second-order valence-electron chi connectivity index (χ2n) is 10.4. The molecule has 3 aliphatic rings. The maximum Gasteiger partial charge on any atom is 0.254 e. The fourth-order valence-corrected chi connectivity index (χ4v) is 6.27. The van der Waals surface area contributed by atoms with Crippen molar-refractivity contribution in [2.24, 2.45) is 24.6 Å². The zero-order valence-corrected chi connectivity index (χ0v) is 20.2. The van der Waals surface area contributed by atoms with Gasteiger partial charge in [-0.05, 0) is 67.9 Å². The highest BCUT2D eigenvalue weighted by atomic mass is 35.5. The average Bonchev–Trinajstić information content (AvgIpc) is 3.25. The Bertz CT molecular complexity index is 1520. The van der Waals surface area contributed by atoms with Crippen LogP contribution in [0.1, 0.15) is 36.0 Å². The highest BCUT2D eigenvalue weighted by molar-refractivity contribution is 6.29. The SMILES string of the molecule is Cn1c(-c2cc3ccc(Cl)nc3n2CC2CC2)nc2cc(C(=O)N3CC4CCC3C4N)cc(F)c21.